The van der Waals surface area contributed by atoms with Gasteiger partial charge in [-0.15, -0.1) is 11.8 Å². The van der Waals surface area contributed by atoms with Crippen molar-refractivity contribution in [1.82, 2.24) is 0 Å². The van der Waals surface area contributed by atoms with Crippen molar-refractivity contribution >= 4 is 0 Å². The van der Waals surface area contributed by atoms with E-state index in [0.717, 1.165) is 18.8 Å². The lowest BCUT2D eigenvalue weighted by molar-refractivity contribution is 0.365. The SMILES string of the molecule is CCC#CCC1CCCCC1. The van der Waals surface area contributed by atoms with Crippen molar-refractivity contribution in [3.8, 4) is 11.8 Å². The Labute approximate surface area is 70.4 Å². The molecule has 0 aromatic rings. The van der Waals surface area contributed by atoms with Crippen LogP contribution in [-0.2, 0) is 0 Å². The summed E-state index contributed by atoms with van der Waals surface area (Å²) in [7, 11) is 0. The molecule has 0 aromatic heterocycles. The molecule has 0 nitrogen and oxygen atoms in total. The quantitative estimate of drug-likeness (QED) is 0.503. The third-order valence-electron chi connectivity index (χ3n) is 2.42. The summed E-state index contributed by atoms with van der Waals surface area (Å²) in [6.07, 6.45) is 9.38. The van der Waals surface area contributed by atoms with Crippen LogP contribution < -0.4 is 0 Å². The highest BCUT2D eigenvalue weighted by Crippen LogP contribution is 2.25. The lowest BCUT2D eigenvalue weighted by Crippen LogP contribution is -2.04. The first kappa shape index (κ1) is 8.65. The van der Waals surface area contributed by atoms with E-state index in [-0.39, 0.29) is 0 Å². The molecule has 0 heteroatoms. The van der Waals surface area contributed by atoms with Gasteiger partial charge in [-0.25, -0.2) is 0 Å². The molecular weight excluding hydrogens is 132 g/mol. The molecule has 0 spiro atoms. The molecular formula is C11H18. The van der Waals surface area contributed by atoms with Crippen molar-refractivity contribution < 1.29 is 0 Å². The van der Waals surface area contributed by atoms with Crippen LogP contribution in [0, 0.1) is 17.8 Å². The fraction of sp³-hybridized carbons (Fsp3) is 0.818. The molecule has 0 aliphatic heterocycles. The second-order valence-electron chi connectivity index (χ2n) is 3.42. The van der Waals surface area contributed by atoms with Crippen LogP contribution in [0.1, 0.15) is 51.9 Å². The Morgan fingerprint density at radius 1 is 1.09 bits per heavy atom. The molecule has 62 valence electrons. The second-order valence-corrected chi connectivity index (χ2v) is 3.42. The van der Waals surface area contributed by atoms with Crippen LogP contribution in [0.5, 0.6) is 0 Å². The number of hydrogen-bond donors (Lipinski definition) is 0. The monoisotopic (exact) mass is 150 g/mol. The second kappa shape index (κ2) is 5.24. The Kier molecular flexibility index (Phi) is 4.12. The highest BCUT2D eigenvalue weighted by molar-refractivity contribution is 4.99. The van der Waals surface area contributed by atoms with Gasteiger partial charge in [-0.1, -0.05) is 26.2 Å². The van der Waals surface area contributed by atoms with Gasteiger partial charge in [0.1, 0.15) is 0 Å². The first-order valence-electron chi connectivity index (χ1n) is 4.89. The van der Waals surface area contributed by atoms with Gasteiger partial charge in [-0.05, 0) is 18.8 Å². The fourth-order valence-electron chi connectivity index (χ4n) is 1.73. The molecule has 0 atom stereocenters. The molecule has 11 heavy (non-hydrogen) atoms. The minimum atomic E-state index is 0.933. The van der Waals surface area contributed by atoms with Crippen LogP contribution in [-0.4, -0.2) is 0 Å². The Balaban J connectivity index is 2.14. The van der Waals surface area contributed by atoms with Gasteiger partial charge >= 0.3 is 0 Å². The van der Waals surface area contributed by atoms with E-state index in [1.165, 1.54) is 32.1 Å². The number of hydrogen-bond acceptors (Lipinski definition) is 0. The first-order chi connectivity index (χ1) is 5.43. The van der Waals surface area contributed by atoms with Gasteiger partial charge in [0, 0.05) is 12.8 Å². The molecule has 0 radical (unpaired) electrons. The maximum absolute atomic E-state index is 3.25. The highest BCUT2D eigenvalue weighted by Gasteiger charge is 2.11. The number of rotatable bonds is 1. The van der Waals surface area contributed by atoms with E-state index >= 15 is 0 Å². The molecule has 0 unspecified atom stereocenters. The predicted octanol–water partition coefficient (Wildman–Crippen LogP) is 3.37. The Bertz CT molecular complexity index is 141. The molecule has 0 aromatic carbocycles. The van der Waals surface area contributed by atoms with Crippen molar-refractivity contribution in [2.45, 2.75) is 51.9 Å². The summed E-state index contributed by atoms with van der Waals surface area (Å²) in [6, 6.07) is 0. The van der Waals surface area contributed by atoms with Gasteiger partial charge < -0.3 is 0 Å². The summed E-state index contributed by atoms with van der Waals surface area (Å²) >= 11 is 0. The van der Waals surface area contributed by atoms with Crippen molar-refractivity contribution in [3.05, 3.63) is 0 Å². The zero-order valence-electron chi connectivity index (χ0n) is 7.53. The Morgan fingerprint density at radius 3 is 2.45 bits per heavy atom. The van der Waals surface area contributed by atoms with Gasteiger partial charge in [0.2, 0.25) is 0 Å². The normalized spacial score (nSPS) is 19.0. The maximum atomic E-state index is 3.25. The Morgan fingerprint density at radius 2 is 1.82 bits per heavy atom. The average Bonchev–Trinajstić information content (AvgIpc) is 2.07. The summed E-state index contributed by atoms with van der Waals surface area (Å²) in [5, 5.41) is 0. The topological polar surface area (TPSA) is 0 Å². The molecule has 0 saturated heterocycles. The maximum Gasteiger partial charge on any atom is 0.0117 e. The summed E-state index contributed by atoms with van der Waals surface area (Å²) < 4.78 is 0. The third kappa shape index (κ3) is 3.46. The molecule has 0 bridgehead atoms. The van der Waals surface area contributed by atoms with Crippen LogP contribution >= 0.6 is 0 Å². The highest BCUT2D eigenvalue weighted by atomic mass is 14.2. The van der Waals surface area contributed by atoms with E-state index in [4.69, 9.17) is 0 Å². The van der Waals surface area contributed by atoms with Crippen LogP contribution in [0.25, 0.3) is 0 Å². The zero-order chi connectivity index (χ0) is 7.94. The smallest absolute Gasteiger partial charge is 0.0117 e. The summed E-state index contributed by atoms with van der Waals surface area (Å²) in [5.74, 6) is 7.33. The van der Waals surface area contributed by atoms with Crippen LogP contribution in [0.15, 0.2) is 0 Å². The predicted molar refractivity (Wildman–Crippen MR) is 49.3 cm³/mol. The van der Waals surface area contributed by atoms with E-state index in [0.29, 0.717) is 0 Å². The molecule has 0 N–H and O–H groups in total. The van der Waals surface area contributed by atoms with Gasteiger partial charge in [-0.2, -0.15) is 0 Å². The van der Waals surface area contributed by atoms with E-state index < -0.39 is 0 Å². The summed E-state index contributed by atoms with van der Waals surface area (Å²) in [4.78, 5) is 0. The van der Waals surface area contributed by atoms with E-state index in [1.807, 2.05) is 0 Å². The van der Waals surface area contributed by atoms with Gasteiger partial charge in [0.05, 0.1) is 0 Å². The summed E-state index contributed by atoms with van der Waals surface area (Å²) in [6.45, 7) is 2.12. The molecule has 0 heterocycles. The van der Waals surface area contributed by atoms with Crippen LogP contribution in [0.4, 0.5) is 0 Å². The molecule has 1 aliphatic carbocycles. The standard InChI is InChI=1S/C11H18/c1-2-3-5-8-11-9-6-4-7-10-11/h11H,2,4,6-10H2,1H3. The molecule has 1 rings (SSSR count). The average molecular weight is 150 g/mol. The first-order valence-corrected chi connectivity index (χ1v) is 4.89. The van der Waals surface area contributed by atoms with Crippen molar-refractivity contribution in [3.63, 3.8) is 0 Å². The van der Waals surface area contributed by atoms with E-state index in [2.05, 4.69) is 18.8 Å². The zero-order valence-corrected chi connectivity index (χ0v) is 7.53. The molecule has 1 fully saturated rings. The Hall–Kier alpha value is -0.440. The van der Waals surface area contributed by atoms with Gasteiger partial charge in [-0.3, -0.25) is 0 Å². The van der Waals surface area contributed by atoms with Crippen LogP contribution in [0.2, 0.25) is 0 Å². The lowest BCUT2D eigenvalue weighted by Gasteiger charge is -2.18. The fourth-order valence-corrected chi connectivity index (χ4v) is 1.73. The lowest BCUT2D eigenvalue weighted by atomic mass is 9.87. The minimum absolute atomic E-state index is 0.933. The minimum Gasteiger partial charge on any atom is -0.104 e. The van der Waals surface area contributed by atoms with Crippen molar-refractivity contribution in [1.29, 1.82) is 0 Å². The van der Waals surface area contributed by atoms with Crippen LogP contribution in [0.3, 0.4) is 0 Å². The largest absolute Gasteiger partial charge is 0.104 e. The molecule has 1 saturated carbocycles. The molecule has 0 amide bonds. The third-order valence-corrected chi connectivity index (χ3v) is 2.42. The molecule has 1 aliphatic rings. The van der Waals surface area contributed by atoms with Gasteiger partial charge in [0.15, 0.2) is 0 Å². The van der Waals surface area contributed by atoms with E-state index in [9.17, 15) is 0 Å². The summed E-state index contributed by atoms with van der Waals surface area (Å²) in [5.41, 5.74) is 0. The van der Waals surface area contributed by atoms with E-state index in [1.54, 1.807) is 0 Å². The van der Waals surface area contributed by atoms with Crippen molar-refractivity contribution in [2.75, 3.05) is 0 Å². The van der Waals surface area contributed by atoms with Crippen molar-refractivity contribution in [2.24, 2.45) is 5.92 Å². The van der Waals surface area contributed by atoms with Gasteiger partial charge in [0.25, 0.3) is 0 Å².